The quantitative estimate of drug-likeness (QED) is 0.844. The van der Waals surface area contributed by atoms with Gasteiger partial charge >= 0.3 is 0 Å². The van der Waals surface area contributed by atoms with E-state index in [9.17, 15) is 4.79 Å². The summed E-state index contributed by atoms with van der Waals surface area (Å²) in [7, 11) is 1.57. The molecule has 0 saturated heterocycles. The Bertz CT molecular complexity index is 437. The molecule has 4 nitrogen and oxygen atoms in total. The number of anilines is 1. The van der Waals surface area contributed by atoms with Crippen LogP contribution in [0.1, 0.15) is 26.7 Å². The molecule has 0 fully saturated rings. The maximum atomic E-state index is 12.4. The topological polar surface area (TPSA) is 64.4 Å². The van der Waals surface area contributed by atoms with E-state index < -0.39 is 5.41 Å². The van der Waals surface area contributed by atoms with Crippen LogP contribution in [-0.2, 0) is 4.79 Å². The van der Waals surface area contributed by atoms with E-state index in [1.807, 2.05) is 13.8 Å². The van der Waals surface area contributed by atoms with Crippen LogP contribution in [0.3, 0.4) is 0 Å². The lowest BCUT2D eigenvalue weighted by Crippen LogP contribution is -2.41. The Kier molecular flexibility index (Phi) is 5.63. The van der Waals surface area contributed by atoms with Gasteiger partial charge in [-0.05, 0) is 25.0 Å². The highest BCUT2D eigenvalue weighted by Gasteiger charge is 2.33. The van der Waals surface area contributed by atoms with Crippen LogP contribution in [0.4, 0.5) is 5.69 Å². The van der Waals surface area contributed by atoms with Crippen LogP contribution in [0.25, 0.3) is 0 Å². The average molecular weight is 285 g/mol. The molecule has 106 valence electrons. The average Bonchev–Trinajstić information content (AvgIpc) is 2.44. The summed E-state index contributed by atoms with van der Waals surface area (Å²) in [6.45, 7) is 4.24. The second-order valence-corrected chi connectivity index (χ2v) is 4.90. The molecule has 0 heterocycles. The molecule has 3 N–H and O–H groups in total. The maximum absolute atomic E-state index is 12.4. The first-order chi connectivity index (χ1) is 9.02. The number of ether oxygens (including phenoxy) is 1. The Morgan fingerprint density at radius 3 is 2.53 bits per heavy atom. The van der Waals surface area contributed by atoms with Gasteiger partial charge in [0.15, 0.2) is 0 Å². The Hall–Kier alpha value is -1.26. The number of nitrogens with two attached hydrogens (primary N) is 1. The third kappa shape index (κ3) is 3.39. The molecule has 1 amide bonds. The zero-order valence-corrected chi connectivity index (χ0v) is 12.4. The zero-order valence-electron chi connectivity index (χ0n) is 11.6. The molecule has 0 aliphatic carbocycles. The van der Waals surface area contributed by atoms with E-state index in [2.05, 4.69) is 5.32 Å². The molecule has 0 aliphatic heterocycles. The van der Waals surface area contributed by atoms with E-state index >= 15 is 0 Å². The van der Waals surface area contributed by atoms with Gasteiger partial charge < -0.3 is 15.8 Å². The van der Waals surface area contributed by atoms with Crippen molar-refractivity contribution in [1.82, 2.24) is 0 Å². The van der Waals surface area contributed by atoms with E-state index in [4.69, 9.17) is 22.1 Å². The highest BCUT2D eigenvalue weighted by atomic mass is 35.5. The van der Waals surface area contributed by atoms with Gasteiger partial charge in [-0.1, -0.05) is 25.4 Å². The minimum atomic E-state index is -0.549. The van der Waals surface area contributed by atoms with Crippen molar-refractivity contribution in [2.75, 3.05) is 19.0 Å². The van der Waals surface area contributed by atoms with Gasteiger partial charge in [0.2, 0.25) is 5.91 Å². The SMILES string of the molecule is CCC(CC)(CN)C(=O)Nc1cc(OC)ccc1Cl. The fourth-order valence-electron chi connectivity index (χ4n) is 1.93. The van der Waals surface area contributed by atoms with Crippen LogP contribution in [0.5, 0.6) is 5.75 Å². The monoisotopic (exact) mass is 284 g/mol. The van der Waals surface area contributed by atoms with Crippen LogP contribution in [-0.4, -0.2) is 19.6 Å². The lowest BCUT2D eigenvalue weighted by atomic mass is 9.81. The number of methoxy groups -OCH3 is 1. The summed E-state index contributed by atoms with van der Waals surface area (Å²) in [5, 5.41) is 3.33. The molecule has 1 rings (SSSR count). The molecule has 0 unspecified atom stereocenters. The van der Waals surface area contributed by atoms with Crippen molar-refractivity contribution in [2.45, 2.75) is 26.7 Å². The van der Waals surface area contributed by atoms with E-state index in [0.29, 0.717) is 35.8 Å². The van der Waals surface area contributed by atoms with Gasteiger partial charge in [-0.3, -0.25) is 4.79 Å². The number of carbonyl (C=O) groups excluding carboxylic acids is 1. The fourth-order valence-corrected chi connectivity index (χ4v) is 2.10. The van der Waals surface area contributed by atoms with Crippen molar-refractivity contribution in [1.29, 1.82) is 0 Å². The van der Waals surface area contributed by atoms with E-state index in [1.54, 1.807) is 25.3 Å². The van der Waals surface area contributed by atoms with Crippen molar-refractivity contribution in [3.05, 3.63) is 23.2 Å². The first kappa shape index (κ1) is 15.8. The van der Waals surface area contributed by atoms with Crippen molar-refractivity contribution < 1.29 is 9.53 Å². The summed E-state index contributed by atoms with van der Waals surface area (Å²) in [5.74, 6) is 0.543. The number of rotatable bonds is 6. The summed E-state index contributed by atoms with van der Waals surface area (Å²) in [4.78, 5) is 12.4. The van der Waals surface area contributed by atoms with Gasteiger partial charge in [0.05, 0.1) is 23.2 Å². The number of hydrogen-bond acceptors (Lipinski definition) is 3. The van der Waals surface area contributed by atoms with Gasteiger partial charge in [-0.15, -0.1) is 0 Å². The normalized spacial score (nSPS) is 11.2. The molecule has 1 aromatic carbocycles. The van der Waals surface area contributed by atoms with E-state index in [1.165, 1.54) is 0 Å². The van der Waals surface area contributed by atoms with Crippen LogP contribution in [0.2, 0.25) is 5.02 Å². The van der Waals surface area contributed by atoms with Crippen LogP contribution in [0.15, 0.2) is 18.2 Å². The molecule has 19 heavy (non-hydrogen) atoms. The van der Waals surface area contributed by atoms with Gasteiger partial charge in [0, 0.05) is 12.6 Å². The number of carbonyl (C=O) groups is 1. The zero-order chi connectivity index (χ0) is 14.5. The van der Waals surface area contributed by atoms with Gasteiger partial charge in [0.25, 0.3) is 0 Å². The second kappa shape index (κ2) is 6.78. The van der Waals surface area contributed by atoms with Gasteiger partial charge in [-0.2, -0.15) is 0 Å². The number of benzene rings is 1. The summed E-state index contributed by atoms with van der Waals surface area (Å²) in [6.07, 6.45) is 1.38. The summed E-state index contributed by atoms with van der Waals surface area (Å²) in [5.41, 5.74) is 5.76. The molecule has 0 aliphatic rings. The minimum absolute atomic E-state index is 0.102. The maximum Gasteiger partial charge on any atom is 0.231 e. The second-order valence-electron chi connectivity index (χ2n) is 4.49. The number of hydrogen-bond donors (Lipinski definition) is 2. The van der Waals surface area contributed by atoms with Crippen molar-refractivity contribution in [2.24, 2.45) is 11.1 Å². The third-order valence-electron chi connectivity index (χ3n) is 3.65. The summed E-state index contributed by atoms with van der Waals surface area (Å²) >= 11 is 6.08. The lowest BCUT2D eigenvalue weighted by Gasteiger charge is -2.28. The number of nitrogens with one attached hydrogen (secondary N) is 1. The number of amides is 1. The summed E-state index contributed by atoms with van der Waals surface area (Å²) in [6, 6.07) is 5.14. The first-order valence-corrected chi connectivity index (χ1v) is 6.75. The molecule has 0 saturated carbocycles. The Balaban J connectivity index is 2.98. The molecule has 0 bridgehead atoms. The van der Waals surface area contributed by atoms with Crippen molar-refractivity contribution in [3.63, 3.8) is 0 Å². The molecule has 0 atom stereocenters. The van der Waals surface area contributed by atoms with Crippen molar-refractivity contribution >= 4 is 23.2 Å². The molecule has 0 aromatic heterocycles. The Morgan fingerprint density at radius 2 is 2.05 bits per heavy atom. The standard InChI is InChI=1S/C14H21ClN2O2/c1-4-14(5-2,9-16)13(18)17-12-8-10(19-3)6-7-11(12)15/h6-8H,4-5,9,16H2,1-3H3,(H,17,18). The van der Waals surface area contributed by atoms with Gasteiger partial charge in [0.1, 0.15) is 5.75 Å². The molecule has 5 heteroatoms. The predicted octanol–water partition coefficient (Wildman–Crippen LogP) is 3.05. The molecule has 1 aromatic rings. The fraction of sp³-hybridized carbons (Fsp3) is 0.500. The largest absolute Gasteiger partial charge is 0.497 e. The molecule has 0 radical (unpaired) electrons. The Labute approximate surface area is 119 Å². The highest BCUT2D eigenvalue weighted by molar-refractivity contribution is 6.33. The predicted molar refractivity (Wildman–Crippen MR) is 78.7 cm³/mol. The molecule has 0 spiro atoms. The highest BCUT2D eigenvalue weighted by Crippen LogP contribution is 2.31. The first-order valence-electron chi connectivity index (χ1n) is 6.38. The van der Waals surface area contributed by atoms with Gasteiger partial charge in [-0.25, -0.2) is 0 Å². The van der Waals surface area contributed by atoms with E-state index in [0.717, 1.165) is 0 Å². The van der Waals surface area contributed by atoms with Crippen LogP contribution < -0.4 is 15.8 Å². The third-order valence-corrected chi connectivity index (χ3v) is 3.98. The lowest BCUT2D eigenvalue weighted by molar-refractivity contribution is -0.125. The smallest absolute Gasteiger partial charge is 0.231 e. The molecular formula is C14H21ClN2O2. The van der Waals surface area contributed by atoms with Crippen molar-refractivity contribution in [3.8, 4) is 5.75 Å². The molecular weight excluding hydrogens is 264 g/mol. The van der Waals surface area contributed by atoms with Crippen LogP contribution >= 0.6 is 11.6 Å². The number of halogens is 1. The minimum Gasteiger partial charge on any atom is -0.497 e. The summed E-state index contributed by atoms with van der Waals surface area (Å²) < 4.78 is 5.12. The Morgan fingerprint density at radius 1 is 1.42 bits per heavy atom. The van der Waals surface area contributed by atoms with Crippen LogP contribution in [0, 0.1) is 5.41 Å². The van der Waals surface area contributed by atoms with E-state index in [-0.39, 0.29) is 5.91 Å².